The minimum absolute atomic E-state index is 0.184. The van der Waals surface area contributed by atoms with Gasteiger partial charge in [-0.05, 0) is 30.7 Å². The molecule has 2 heteroatoms. The summed E-state index contributed by atoms with van der Waals surface area (Å²) in [5.74, 6) is 0.524. The first-order chi connectivity index (χ1) is 7.83. The summed E-state index contributed by atoms with van der Waals surface area (Å²) < 4.78 is 0. The average molecular weight is 220 g/mol. The van der Waals surface area contributed by atoms with Crippen LogP contribution in [0.1, 0.15) is 37.2 Å². The summed E-state index contributed by atoms with van der Waals surface area (Å²) >= 11 is 0. The fraction of sp³-hybridized carbons (Fsp3) is 0.571. The molecule has 0 amide bonds. The minimum Gasteiger partial charge on any atom is -0.396 e. The fourth-order valence-electron chi connectivity index (χ4n) is 2.82. The lowest BCUT2D eigenvalue weighted by Crippen LogP contribution is -2.32. The zero-order valence-electron chi connectivity index (χ0n) is 9.55. The van der Waals surface area contributed by atoms with Crippen molar-refractivity contribution in [2.45, 2.75) is 37.7 Å². The predicted molar refractivity (Wildman–Crippen MR) is 64.2 cm³/mol. The van der Waals surface area contributed by atoms with E-state index in [1.165, 1.54) is 5.56 Å². The molecule has 88 valence electrons. The summed E-state index contributed by atoms with van der Waals surface area (Å²) in [6.07, 6.45) is 3.70. The Balaban J connectivity index is 2.10. The number of hydrogen-bond donors (Lipinski definition) is 2. The van der Waals surface area contributed by atoms with Crippen LogP contribution in [0.15, 0.2) is 30.3 Å². The molecule has 1 aromatic carbocycles. The lowest BCUT2D eigenvalue weighted by Gasteiger charge is -2.35. The molecule has 0 saturated heterocycles. The van der Waals surface area contributed by atoms with Crippen molar-refractivity contribution < 1.29 is 10.2 Å². The van der Waals surface area contributed by atoms with Gasteiger partial charge in [-0.25, -0.2) is 0 Å². The van der Waals surface area contributed by atoms with Gasteiger partial charge in [-0.15, -0.1) is 0 Å². The van der Waals surface area contributed by atoms with Gasteiger partial charge in [0.15, 0.2) is 0 Å². The van der Waals surface area contributed by atoms with Crippen LogP contribution in [0.3, 0.4) is 0 Å². The van der Waals surface area contributed by atoms with Crippen molar-refractivity contribution in [3.63, 3.8) is 0 Å². The first-order valence-electron chi connectivity index (χ1n) is 6.17. The van der Waals surface area contributed by atoms with Gasteiger partial charge in [0, 0.05) is 12.5 Å². The molecule has 0 radical (unpaired) electrons. The van der Waals surface area contributed by atoms with E-state index in [2.05, 4.69) is 12.1 Å². The third kappa shape index (κ3) is 2.45. The number of hydrogen-bond acceptors (Lipinski definition) is 2. The van der Waals surface area contributed by atoms with Crippen LogP contribution < -0.4 is 0 Å². The molecular formula is C14H20O2. The highest BCUT2D eigenvalue weighted by Crippen LogP contribution is 2.37. The van der Waals surface area contributed by atoms with E-state index >= 15 is 0 Å². The topological polar surface area (TPSA) is 40.5 Å². The molecule has 2 rings (SSSR count). The lowest BCUT2D eigenvalue weighted by atomic mass is 9.74. The quantitative estimate of drug-likeness (QED) is 0.820. The van der Waals surface area contributed by atoms with E-state index in [4.69, 9.17) is 5.11 Å². The van der Waals surface area contributed by atoms with E-state index < -0.39 is 0 Å². The van der Waals surface area contributed by atoms with Crippen molar-refractivity contribution in [3.05, 3.63) is 35.9 Å². The summed E-state index contributed by atoms with van der Waals surface area (Å²) in [4.78, 5) is 0. The van der Waals surface area contributed by atoms with E-state index in [0.717, 1.165) is 25.7 Å². The molecule has 0 heterocycles. The van der Waals surface area contributed by atoms with Gasteiger partial charge in [0.1, 0.15) is 0 Å². The molecule has 0 aromatic heterocycles. The standard InChI is InChI=1S/C14H20O2/c15-10-9-12-7-4-8-13(14(12)16)11-5-2-1-3-6-11/h1-3,5-6,12-16H,4,7-10H2. The number of aliphatic hydroxyl groups is 2. The fourth-order valence-corrected chi connectivity index (χ4v) is 2.82. The van der Waals surface area contributed by atoms with Crippen LogP contribution in [-0.4, -0.2) is 22.9 Å². The molecule has 16 heavy (non-hydrogen) atoms. The first kappa shape index (κ1) is 11.6. The molecule has 1 aromatic rings. The summed E-state index contributed by atoms with van der Waals surface area (Å²) in [6, 6.07) is 10.2. The van der Waals surface area contributed by atoms with Crippen molar-refractivity contribution >= 4 is 0 Å². The molecule has 1 saturated carbocycles. The zero-order valence-corrected chi connectivity index (χ0v) is 9.55. The number of rotatable bonds is 3. The average Bonchev–Trinajstić information content (AvgIpc) is 2.33. The normalized spacial score (nSPS) is 30.2. The third-order valence-electron chi connectivity index (χ3n) is 3.71. The van der Waals surface area contributed by atoms with E-state index in [-0.39, 0.29) is 24.5 Å². The van der Waals surface area contributed by atoms with Crippen molar-refractivity contribution in [1.29, 1.82) is 0 Å². The van der Waals surface area contributed by atoms with Gasteiger partial charge in [0.25, 0.3) is 0 Å². The van der Waals surface area contributed by atoms with Gasteiger partial charge in [0.2, 0.25) is 0 Å². The summed E-state index contributed by atoms with van der Waals surface area (Å²) in [5.41, 5.74) is 1.23. The third-order valence-corrected chi connectivity index (χ3v) is 3.71. The van der Waals surface area contributed by atoms with Crippen LogP contribution in [0, 0.1) is 5.92 Å². The van der Waals surface area contributed by atoms with Crippen LogP contribution in [0.2, 0.25) is 0 Å². The van der Waals surface area contributed by atoms with E-state index in [1.54, 1.807) is 0 Å². The largest absolute Gasteiger partial charge is 0.396 e. The van der Waals surface area contributed by atoms with Gasteiger partial charge < -0.3 is 10.2 Å². The van der Waals surface area contributed by atoms with Crippen LogP contribution in [0.25, 0.3) is 0 Å². The van der Waals surface area contributed by atoms with Crippen molar-refractivity contribution in [3.8, 4) is 0 Å². The molecule has 1 aliphatic carbocycles. The molecule has 1 fully saturated rings. The Hall–Kier alpha value is -0.860. The highest BCUT2D eigenvalue weighted by Gasteiger charge is 2.31. The molecule has 0 bridgehead atoms. The Labute approximate surface area is 96.9 Å². The Kier molecular flexibility index (Phi) is 3.97. The maximum atomic E-state index is 10.3. The second-order valence-electron chi connectivity index (χ2n) is 4.71. The summed E-state index contributed by atoms with van der Waals surface area (Å²) in [7, 11) is 0. The molecule has 0 aliphatic heterocycles. The number of aliphatic hydroxyl groups excluding tert-OH is 2. The SMILES string of the molecule is OCCC1CCCC(c2ccccc2)C1O. The van der Waals surface area contributed by atoms with Gasteiger partial charge in [-0.3, -0.25) is 0 Å². The van der Waals surface area contributed by atoms with Crippen LogP contribution in [0.5, 0.6) is 0 Å². The van der Waals surface area contributed by atoms with Gasteiger partial charge in [-0.2, -0.15) is 0 Å². The Morgan fingerprint density at radius 1 is 1.12 bits per heavy atom. The molecule has 3 atom stereocenters. The molecule has 3 unspecified atom stereocenters. The maximum Gasteiger partial charge on any atom is 0.0637 e. The number of benzene rings is 1. The highest BCUT2D eigenvalue weighted by atomic mass is 16.3. The maximum absolute atomic E-state index is 10.3. The monoisotopic (exact) mass is 220 g/mol. The molecule has 0 spiro atoms. The van der Waals surface area contributed by atoms with Crippen LogP contribution in [0.4, 0.5) is 0 Å². The van der Waals surface area contributed by atoms with Gasteiger partial charge in [0.05, 0.1) is 6.10 Å². The zero-order chi connectivity index (χ0) is 11.4. The van der Waals surface area contributed by atoms with E-state index in [9.17, 15) is 5.11 Å². The predicted octanol–water partition coefficient (Wildman–Crippen LogP) is 2.31. The summed E-state index contributed by atoms with van der Waals surface area (Å²) in [5, 5.41) is 19.3. The smallest absolute Gasteiger partial charge is 0.0637 e. The van der Waals surface area contributed by atoms with Gasteiger partial charge >= 0.3 is 0 Å². The second-order valence-corrected chi connectivity index (χ2v) is 4.71. The molecule has 1 aliphatic rings. The van der Waals surface area contributed by atoms with E-state index in [0.29, 0.717) is 0 Å². The van der Waals surface area contributed by atoms with Crippen molar-refractivity contribution in [2.24, 2.45) is 5.92 Å². The summed E-state index contributed by atoms with van der Waals surface area (Å²) in [6.45, 7) is 0.184. The second kappa shape index (κ2) is 5.46. The van der Waals surface area contributed by atoms with Crippen molar-refractivity contribution in [1.82, 2.24) is 0 Å². The van der Waals surface area contributed by atoms with E-state index in [1.807, 2.05) is 18.2 Å². The minimum atomic E-state index is -0.289. The van der Waals surface area contributed by atoms with Crippen molar-refractivity contribution in [2.75, 3.05) is 6.61 Å². The highest BCUT2D eigenvalue weighted by molar-refractivity contribution is 5.21. The first-order valence-corrected chi connectivity index (χ1v) is 6.17. The lowest BCUT2D eigenvalue weighted by molar-refractivity contribution is 0.0361. The van der Waals surface area contributed by atoms with Crippen LogP contribution in [-0.2, 0) is 0 Å². The van der Waals surface area contributed by atoms with Crippen LogP contribution >= 0.6 is 0 Å². The molecular weight excluding hydrogens is 200 g/mol. The Morgan fingerprint density at radius 2 is 1.88 bits per heavy atom. The molecule has 2 nitrogen and oxygen atoms in total. The Bertz CT molecular complexity index is 308. The van der Waals surface area contributed by atoms with Gasteiger partial charge in [-0.1, -0.05) is 36.8 Å². The molecule has 2 N–H and O–H groups in total. The Morgan fingerprint density at radius 3 is 2.56 bits per heavy atom.